The van der Waals surface area contributed by atoms with Crippen molar-refractivity contribution in [2.24, 2.45) is 5.92 Å². The van der Waals surface area contributed by atoms with Gasteiger partial charge in [-0.3, -0.25) is 29.0 Å². The van der Waals surface area contributed by atoms with Gasteiger partial charge in [-0.15, -0.1) is 0 Å². The van der Waals surface area contributed by atoms with Crippen LogP contribution in [0.15, 0.2) is 0 Å². The van der Waals surface area contributed by atoms with Crippen LogP contribution < -0.4 is 5.32 Å². The maximum atomic E-state index is 13.3. The van der Waals surface area contributed by atoms with E-state index in [0.29, 0.717) is 25.7 Å². The van der Waals surface area contributed by atoms with E-state index in [0.717, 1.165) is 48.3 Å². The molecule has 3 rings (SSSR count). The molecular weight excluding hydrogens is 390 g/mol. The SMILES string of the molecule is CCOC(=O)CNC(=O)C1C(=O)N(C2CCCCC2)C(=O)N(C2CCCCC2)C1=O. The zero-order chi connectivity index (χ0) is 21.7. The van der Waals surface area contributed by atoms with Crippen molar-refractivity contribution < 1.29 is 28.7 Å². The maximum absolute atomic E-state index is 13.3. The molecule has 9 heteroatoms. The summed E-state index contributed by atoms with van der Waals surface area (Å²) in [6, 6.07) is -1.17. The summed E-state index contributed by atoms with van der Waals surface area (Å²) in [5.41, 5.74) is 0. The Hall–Kier alpha value is -2.45. The number of esters is 1. The Bertz CT molecular complexity index is 657. The van der Waals surface area contributed by atoms with Crippen LogP contribution in [-0.4, -0.2) is 64.8 Å². The summed E-state index contributed by atoms with van der Waals surface area (Å²) in [6.07, 6.45) is 8.42. The minimum Gasteiger partial charge on any atom is -0.465 e. The van der Waals surface area contributed by atoms with E-state index in [-0.39, 0.29) is 18.7 Å². The predicted octanol–water partition coefficient (Wildman–Crippen LogP) is 1.74. The summed E-state index contributed by atoms with van der Waals surface area (Å²) in [4.78, 5) is 66.3. The molecule has 0 spiro atoms. The summed E-state index contributed by atoms with van der Waals surface area (Å²) in [5, 5.41) is 2.34. The van der Waals surface area contributed by atoms with Crippen molar-refractivity contribution in [3.05, 3.63) is 0 Å². The molecule has 3 fully saturated rings. The molecule has 0 radical (unpaired) electrons. The summed E-state index contributed by atoms with van der Waals surface area (Å²) in [7, 11) is 0. The molecule has 0 aromatic carbocycles. The first-order chi connectivity index (χ1) is 14.5. The number of hydrogen-bond acceptors (Lipinski definition) is 6. The van der Waals surface area contributed by atoms with Gasteiger partial charge in [0.1, 0.15) is 6.54 Å². The molecule has 3 aliphatic rings. The van der Waals surface area contributed by atoms with Crippen LogP contribution in [0.4, 0.5) is 4.79 Å². The normalized spacial score (nSPS) is 22.4. The largest absolute Gasteiger partial charge is 0.465 e. The van der Waals surface area contributed by atoms with E-state index in [1.165, 1.54) is 0 Å². The molecule has 0 aromatic heterocycles. The number of amides is 5. The average Bonchev–Trinajstić information content (AvgIpc) is 2.74. The van der Waals surface area contributed by atoms with Gasteiger partial charge in [0, 0.05) is 12.1 Å². The maximum Gasteiger partial charge on any atom is 0.333 e. The van der Waals surface area contributed by atoms with Gasteiger partial charge in [0.15, 0.2) is 5.92 Å². The number of hydrogen-bond donors (Lipinski definition) is 1. The summed E-state index contributed by atoms with van der Waals surface area (Å²) in [5.74, 6) is -4.69. The van der Waals surface area contributed by atoms with E-state index >= 15 is 0 Å². The molecular formula is C21H31N3O6. The van der Waals surface area contributed by atoms with E-state index in [9.17, 15) is 24.0 Å². The summed E-state index contributed by atoms with van der Waals surface area (Å²) >= 11 is 0. The number of carbonyl (C=O) groups excluding carboxylic acids is 5. The van der Waals surface area contributed by atoms with Gasteiger partial charge in [0.2, 0.25) is 5.91 Å². The Labute approximate surface area is 176 Å². The molecule has 1 saturated heterocycles. The zero-order valence-corrected chi connectivity index (χ0v) is 17.6. The van der Waals surface area contributed by atoms with E-state index in [2.05, 4.69) is 5.32 Å². The fourth-order valence-electron chi connectivity index (χ4n) is 4.74. The lowest BCUT2D eigenvalue weighted by atomic mass is 9.89. The molecule has 1 aliphatic heterocycles. The Balaban J connectivity index is 1.84. The highest BCUT2D eigenvalue weighted by Gasteiger charge is 2.53. The van der Waals surface area contributed by atoms with Crippen LogP contribution in [0.1, 0.15) is 71.1 Å². The van der Waals surface area contributed by atoms with Crippen LogP contribution in [0.2, 0.25) is 0 Å². The Morgan fingerprint density at radius 2 is 1.33 bits per heavy atom. The molecule has 0 aromatic rings. The standard InChI is InChI=1S/C21H31N3O6/c1-2-30-16(25)13-22-18(26)17-19(27)23(14-9-5-3-6-10-14)21(29)24(20(17)28)15-11-7-4-8-12-15/h14-15,17H,2-13H2,1H3,(H,22,26). The monoisotopic (exact) mass is 421 g/mol. The number of barbiturate groups is 1. The molecule has 2 aliphatic carbocycles. The number of rotatable bonds is 6. The average molecular weight is 421 g/mol. The second-order valence-corrected chi connectivity index (χ2v) is 8.24. The molecule has 9 nitrogen and oxygen atoms in total. The third-order valence-electron chi connectivity index (χ3n) is 6.24. The van der Waals surface area contributed by atoms with Gasteiger partial charge < -0.3 is 10.1 Å². The van der Waals surface area contributed by atoms with E-state index in [1.807, 2.05) is 0 Å². The lowest BCUT2D eigenvalue weighted by molar-refractivity contribution is -0.158. The summed E-state index contributed by atoms with van der Waals surface area (Å²) in [6.45, 7) is 1.38. The van der Waals surface area contributed by atoms with Crippen LogP contribution in [0, 0.1) is 5.92 Å². The van der Waals surface area contributed by atoms with Crippen molar-refractivity contribution in [3.63, 3.8) is 0 Å². The smallest absolute Gasteiger partial charge is 0.333 e. The highest BCUT2D eigenvalue weighted by Crippen LogP contribution is 2.32. The predicted molar refractivity (Wildman–Crippen MR) is 106 cm³/mol. The lowest BCUT2D eigenvalue weighted by Gasteiger charge is -2.44. The topological polar surface area (TPSA) is 113 Å². The second kappa shape index (κ2) is 10.0. The van der Waals surface area contributed by atoms with Gasteiger partial charge in [-0.05, 0) is 32.6 Å². The van der Waals surface area contributed by atoms with Gasteiger partial charge in [0.05, 0.1) is 6.61 Å². The van der Waals surface area contributed by atoms with Gasteiger partial charge in [-0.1, -0.05) is 38.5 Å². The second-order valence-electron chi connectivity index (χ2n) is 8.24. The first-order valence-corrected chi connectivity index (χ1v) is 11.1. The van der Waals surface area contributed by atoms with Gasteiger partial charge >= 0.3 is 12.0 Å². The number of carbonyl (C=O) groups is 5. The van der Waals surface area contributed by atoms with E-state index in [4.69, 9.17) is 4.74 Å². The minimum absolute atomic E-state index is 0.162. The van der Waals surface area contributed by atoms with Crippen LogP contribution in [-0.2, 0) is 23.9 Å². The molecule has 5 amide bonds. The van der Waals surface area contributed by atoms with Gasteiger partial charge in [-0.25, -0.2) is 4.79 Å². The fourth-order valence-corrected chi connectivity index (χ4v) is 4.74. The van der Waals surface area contributed by atoms with Crippen molar-refractivity contribution in [1.82, 2.24) is 15.1 Å². The van der Waals surface area contributed by atoms with Gasteiger partial charge in [0.25, 0.3) is 11.8 Å². The Morgan fingerprint density at radius 3 is 1.77 bits per heavy atom. The minimum atomic E-state index is -1.64. The van der Waals surface area contributed by atoms with Gasteiger partial charge in [-0.2, -0.15) is 0 Å². The lowest BCUT2D eigenvalue weighted by Crippen LogP contribution is -2.67. The summed E-state index contributed by atoms with van der Waals surface area (Å²) < 4.78 is 4.78. The van der Waals surface area contributed by atoms with E-state index < -0.39 is 42.2 Å². The van der Waals surface area contributed by atoms with Crippen LogP contribution in [0.25, 0.3) is 0 Å². The zero-order valence-electron chi connectivity index (χ0n) is 17.6. The number of imide groups is 2. The highest BCUT2D eigenvalue weighted by atomic mass is 16.5. The molecule has 30 heavy (non-hydrogen) atoms. The number of nitrogens with zero attached hydrogens (tertiary/aromatic N) is 2. The first-order valence-electron chi connectivity index (χ1n) is 11.1. The van der Waals surface area contributed by atoms with Crippen LogP contribution in [0.5, 0.6) is 0 Å². The van der Waals surface area contributed by atoms with Crippen LogP contribution >= 0.6 is 0 Å². The third-order valence-corrected chi connectivity index (χ3v) is 6.24. The first kappa shape index (κ1) is 22.2. The van der Waals surface area contributed by atoms with E-state index in [1.54, 1.807) is 6.92 Å². The molecule has 166 valence electrons. The van der Waals surface area contributed by atoms with Crippen molar-refractivity contribution in [3.8, 4) is 0 Å². The quantitative estimate of drug-likeness (QED) is 0.516. The van der Waals surface area contributed by atoms with Crippen molar-refractivity contribution in [1.29, 1.82) is 0 Å². The molecule has 1 N–H and O–H groups in total. The van der Waals surface area contributed by atoms with Crippen molar-refractivity contribution in [2.75, 3.05) is 13.2 Å². The Kier molecular flexibility index (Phi) is 7.44. The van der Waals surface area contributed by atoms with Crippen LogP contribution in [0.3, 0.4) is 0 Å². The number of urea groups is 1. The highest BCUT2D eigenvalue weighted by molar-refractivity contribution is 6.26. The molecule has 1 heterocycles. The number of nitrogens with one attached hydrogen (secondary N) is 1. The molecule has 0 unspecified atom stereocenters. The fraction of sp³-hybridized carbons (Fsp3) is 0.762. The molecule has 2 saturated carbocycles. The third kappa shape index (κ3) is 4.65. The molecule has 0 bridgehead atoms. The van der Waals surface area contributed by atoms with Crippen molar-refractivity contribution >= 4 is 29.7 Å². The Morgan fingerprint density at radius 1 is 0.867 bits per heavy atom. The number of ether oxygens (including phenoxy) is 1. The van der Waals surface area contributed by atoms with Crippen molar-refractivity contribution in [2.45, 2.75) is 83.2 Å². The molecule has 0 atom stereocenters.